The van der Waals surface area contributed by atoms with Crippen molar-refractivity contribution < 1.29 is 41.6 Å². The van der Waals surface area contributed by atoms with Gasteiger partial charge in [-0.3, -0.25) is 4.99 Å². The zero-order valence-corrected chi connectivity index (χ0v) is 15.2. The van der Waals surface area contributed by atoms with Crippen molar-refractivity contribution in [1.29, 1.82) is 0 Å². The normalized spacial score (nSPS) is 32.9. The van der Waals surface area contributed by atoms with E-state index in [0.717, 1.165) is 30.0 Å². The quantitative estimate of drug-likeness (QED) is 0.632. The molecule has 0 amide bonds. The van der Waals surface area contributed by atoms with Crippen molar-refractivity contribution in [3.8, 4) is 0 Å². The summed E-state index contributed by atoms with van der Waals surface area (Å²) in [6.07, 6.45) is -13.2. The average molecular weight is 428 g/mol. The van der Waals surface area contributed by atoms with E-state index in [1.54, 1.807) is 0 Å². The van der Waals surface area contributed by atoms with E-state index in [4.69, 9.17) is 9.47 Å². The number of rotatable bonds is 4. The second kappa shape index (κ2) is 8.11. The smallest absolute Gasteiger partial charge is 0.388 e. The number of hydrogen-bond acceptors (Lipinski definition) is 6. The van der Waals surface area contributed by atoms with Gasteiger partial charge in [-0.2, -0.15) is 13.2 Å². The van der Waals surface area contributed by atoms with Crippen LogP contribution in [0.4, 0.5) is 22.0 Å². The maximum absolute atomic E-state index is 13.7. The minimum absolute atomic E-state index is 0.341. The molecule has 2 fully saturated rings. The third-order valence-corrected chi connectivity index (χ3v) is 5.59. The molecule has 0 saturated carbocycles. The topological polar surface area (TPSA) is 83.3 Å². The van der Waals surface area contributed by atoms with Gasteiger partial charge >= 0.3 is 6.18 Å². The SMILES string of the molecule is CN=C1NC2C(OC(C(OCc3cccc(F)c3F)C(F)(F)F)C(O)C2O)S1. The molecule has 156 valence electrons. The molecule has 1 aromatic carbocycles. The molecule has 6 atom stereocenters. The Morgan fingerprint density at radius 1 is 1.29 bits per heavy atom. The highest BCUT2D eigenvalue weighted by Crippen LogP contribution is 2.39. The number of aliphatic hydroxyl groups excluding tert-OH is 2. The molecule has 2 saturated heterocycles. The minimum atomic E-state index is -5.00. The number of aliphatic imine (C=N–C) groups is 1. The van der Waals surface area contributed by atoms with E-state index in [1.165, 1.54) is 7.05 Å². The molecule has 2 heterocycles. The molecule has 0 bridgehead atoms. The Morgan fingerprint density at radius 2 is 2.00 bits per heavy atom. The third-order valence-electron chi connectivity index (χ3n) is 4.43. The first-order valence-corrected chi connectivity index (χ1v) is 9.04. The van der Waals surface area contributed by atoms with Gasteiger partial charge < -0.3 is 25.0 Å². The molecular formula is C16H17F5N2O4S. The zero-order chi connectivity index (χ0) is 20.6. The minimum Gasteiger partial charge on any atom is -0.388 e. The predicted octanol–water partition coefficient (Wildman–Crippen LogP) is 1.55. The van der Waals surface area contributed by atoms with Crippen molar-refractivity contribution in [3.05, 3.63) is 35.4 Å². The van der Waals surface area contributed by atoms with Crippen LogP contribution in [-0.2, 0) is 16.1 Å². The second-order valence-corrected chi connectivity index (χ2v) is 7.34. The van der Waals surface area contributed by atoms with Crippen molar-refractivity contribution >= 4 is 16.9 Å². The standard InChI is InChI=1S/C16H17F5N2O4S/c1-22-15-23-9-10(24)11(25)12(27-14(9)28-15)13(16(19,20)21)26-5-6-3-2-4-7(17)8(6)18/h2-4,9-14,24-25H,5H2,1H3,(H,22,23). The Morgan fingerprint density at radius 3 is 2.64 bits per heavy atom. The lowest BCUT2D eigenvalue weighted by Crippen LogP contribution is -2.63. The van der Waals surface area contributed by atoms with Crippen LogP contribution in [0, 0.1) is 11.6 Å². The summed E-state index contributed by atoms with van der Waals surface area (Å²) in [6, 6.07) is 2.17. The largest absolute Gasteiger partial charge is 0.417 e. The number of alkyl halides is 3. The number of halogens is 5. The van der Waals surface area contributed by atoms with Crippen LogP contribution in [0.2, 0.25) is 0 Å². The van der Waals surface area contributed by atoms with E-state index in [2.05, 4.69) is 10.3 Å². The Labute approximate surface area is 160 Å². The van der Waals surface area contributed by atoms with Crippen LogP contribution in [-0.4, -0.2) is 64.5 Å². The number of fused-ring (bicyclic) bond motifs is 1. The molecule has 1 aromatic rings. The van der Waals surface area contributed by atoms with Gasteiger partial charge in [0.2, 0.25) is 0 Å². The Bertz CT molecular complexity index is 750. The summed E-state index contributed by atoms with van der Waals surface area (Å²) >= 11 is 0.964. The van der Waals surface area contributed by atoms with Gasteiger partial charge in [0.05, 0.1) is 12.6 Å². The number of amidine groups is 1. The lowest BCUT2D eigenvalue weighted by Gasteiger charge is -2.42. The molecule has 0 radical (unpaired) electrons. The van der Waals surface area contributed by atoms with Crippen molar-refractivity contribution in [2.75, 3.05) is 7.05 Å². The maximum atomic E-state index is 13.7. The molecule has 6 unspecified atom stereocenters. The number of benzene rings is 1. The summed E-state index contributed by atoms with van der Waals surface area (Å²) in [5.74, 6) is -2.55. The van der Waals surface area contributed by atoms with Crippen molar-refractivity contribution in [2.45, 2.75) is 48.7 Å². The summed E-state index contributed by atoms with van der Waals surface area (Å²) < 4.78 is 77.8. The first-order chi connectivity index (χ1) is 13.1. The summed E-state index contributed by atoms with van der Waals surface area (Å²) in [6.45, 7) is -0.905. The van der Waals surface area contributed by atoms with Crippen LogP contribution in [0.1, 0.15) is 5.56 Å². The van der Waals surface area contributed by atoms with Gasteiger partial charge in [-0.05, 0) is 6.07 Å². The zero-order valence-electron chi connectivity index (χ0n) is 14.4. The fraction of sp³-hybridized carbons (Fsp3) is 0.562. The first kappa shape index (κ1) is 21.2. The van der Waals surface area contributed by atoms with E-state index < -0.39 is 65.9 Å². The highest BCUT2D eigenvalue weighted by atomic mass is 32.2. The monoisotopic (exact) mass is 428 g/mol. The number of ether oxygens (including phenoxy) is 2. The molecule has 2 aliphatic rings. The lowest BCUT2D eigenvalue weighted by molar-refractivity contribution is -0.287. The fourth-order valence-corrected chi connectivity index (χ4v) is 4.10. The summed E-state index contributed by atoms with van der Waals surface area (Å²) in [5, 5.41) is 23.5. The maximum Gasteiger partial charge on any atom is 0.417 e. The van der Waals surface area contributed by atoms with Crippen molar-refractivity contribution in [2.24, 2.45) is 4.99 Å². The van der Waals surface area contributed by atoms with Crippen LogP contribution in [0.25, 0.3) is 0 Å². The summed E-state index contributed by atoms with van der Waals surface area (Å²) in [7, 11) is 1.45. The highest BCUT2D eigenvalue weighted by molar-refractivity contribution is 8.14. The van der Waals surface area contributed by atoms with Crippen LogP contribution < -0.4 is 5.32 Å². The van der Waals surface area contributed by atoms with Crippen LogP contribution in [0.15, 0.2) is 23.2 Å². The summed E-state index contributed by atoms with van der Waals surface area (Å²) in [4.78, 5) is 3.85. The number of aliphatic hydroxyl groups is 2. The predicted molar refractivity (Wildman–Crippen MR) is 89.5 cm³/mol. The van der Waals surface area contributed by atoms with E-state index in [-0.39, 0.29) is 0 Å². The van der Waals surface area contributed by atoms with Gasteiger partial charge in [0.1, 0.15) is 23.7 Å². The van der Waals surface area contributed by atoms with Crippen LogP contribution in [0.3, 0.4) is 0 Å². The Hall–Kier alpha value is -1.47. The van der Waals surface area contributed by atoms with Gasteiger partial charge in [0.25, 0.3) is 0 Å². The molecule has 0 aliphatic carbocycles. The number of hydrogen-bond donors (Lipinski definition) is 3. The van der Waals surface area contributed by atoms with Crippen LogP contribution >= 0.6 is 11.8 Å². The molecular weight excluding hydrogens is 411 g/mol. The molecule has 0 aromatic heterocycles. The highest BCUT2D eigenvalue weighted by Gasteiger charge is 2.57. The average Bonchev–Trinajstić information content (AvgIpc) is 3.05. The molecule has 0 spiro atoms. The lowest BCUT2D eigenvalue weighted by atomic mass is 9.94. The van der Waals surface area contributed by atoms with Gasteiger partial charge in [-0.15, -0.1) is 0 Å². The van der Waals surface area contributed by atoms with Gasteiger partial charge in [0, 0.05) is 12.6 Å². The third kappa shape index (κ3) is 4.10. The fourth-order valence-electron chi connectivity index (χ4n) is 3.01. The van der Waals surface area contributed by atoms with Crippen molar-refractivity contribution in [3.63, 3.8) is 0 Å². The first-order valence-electron chi connectivity index (χ1n) is 8.16. The van der Waals surface area contributed by atoms with E-state index in [0.29, 0.717) is 5.17 Å². The number of nitrogens with zero attached hydrogens (tertiary/aromatic N) is 1. The van der Waals surface area contributed by atoms with Gasteiger partial charge in [-0.1, -0.05) is 23.9 Å². The number of nitrogens with one attached hydrogen (secondary N) is 1. The molecule has 2 aliphatic heterocycles. The second-order valence-electron chi connectivity index (χ2n) is 6.25. The van der Waals surface area contributed by atoms with E-state index in [1.807, 2.05) is 0 Å². The van der Waals surface area contributed by atoms with Crippen LogP contribution in [0.5, 0.6) is 0 Å². The molecule has 12 heteroatoms. The Balaban J connectivity index is 1.80. The van der Waals surface area contributed by atoms with Crippen molar-refractivity contribution in [1.82, 2.24) is 5.32 Å². The van der Waals surface area contributed by atoms with Gasteiger partial charge in [0.15, 0.2) is 22.9 Å². The molecule has 3 rings (SSSR count). The Kier molecular flexibility index (Phi) is 6.15. The molecule has 3 N–H and O–H groups in total. The molecule has 28 heavy (non-hydrogen) atoms. The number of thioether (sulfide) groups is 1. The van der Waals surface area contributed by atoms with E-state index in [9.17, 15) is 32.2 Å². The van der Waals surface area contributed by atoms with E-state index >= 15 is 0 Å². The summed E-state index contributed by atoms with van der Waals surface area (Å²) in [5.41, 5.74) is -1.36. The van der Waals surface area contributed by atoms with Gasteiger partial charge in [-0.25, -0.2) is 8.78 Å². The molecule has 6 nitrogen and oxygen atoms in total.